The highest BCUT2D eigenvalue weighted by atomic mass is 16.6. The van der Waals surface area contributed by atoms with Gasteiger partial charge in [-0.3, -0.25) is 0 Å². The van der Waals surface area contributed by atoms with Gasteiger partial charge in [-0.1, -0.05) is 5.21 Å². The second kappa shape index (κ2) is 4.35. The van der Waals surface area contributed by atoms with E-state index >= 15 is 0 Å². The van der Waals surface area contributed by atoms with Crippen LogP contribution in [-0.4, -0.2) is 32.7 Å². The number of amides is 1. The van der Waals surface area contributed by atoms with E-state index in [1.165, 1.54) is 0 Å². The predicted molar refractivity (Wildman–Crippen MR) is 61.5 cm³/mol. The molecule has 0 aromatic carbocycles. The normalized spacial score (nSPS) is 23.9. The Morgan fingerprint density at radius 2 is 2.18 bits per heavy atom. The Bertz CT molecular complexity index is 377. The number of hydrogen-bond acceptors (Lipinski definition) is 4. The molecule has 0 unspecified atom stereocenters. The topological polar surface area (TPSA) is 69.0 Å². The Balaban J connectivity index is 1.72. The number of nitrogens with one attached hydrogen (secondary N) is 1. The smallest absolute Gasteiger partial charge is 0.407 e. The van der Waals surface area contributed by atoms with Gasteiger partial charge in [0, 0.05) is 12.2 Å². The minimum atomic E-state index is -0.445. The van der Waals surface area contributed by atoms with E-state index in [2.05, 4.69) is 15.6 Å². The van der Waals surface area contributed by atoms with Crippen LogP contribution in [0.3, 0.4) is 0 Å². The first-order valence-corrected chi connectivity index (χ1v) is 5.79. The summed E-state index contributed by atoms with van der Waals surface area (Å²) in [5.41, 5.74) is -0.445. The monoisotopic (exact) mass is 238 g/mol. The van der Waals surface area contributed by atoms with Gasteiger partial charge in [0.25, 0.3) is 0 Å². The molecule has 0 radical (unpaired) electrons. The van der Waals surface area contributed by atoms with Crippen molar-refractivity contribution in [3.63, 3.8) is 0 Å². The Hall–Kier alpha value is -1.59. The van der Waals surface area contributed by atoms with Gasteiger partial charge >= 0.3 is 6.09 Å². The third-order valence-corrected chi connectivity index (χ3v) is 2.65. The first-order valence-electron chi connectivity index (χ1n) is 5.79. The maximum absolute atomic E-state index is 11.5. The quantitative estimate of drug-likeness (QED) is 0.847. The molecule has 1 aromatic rings. The molecule has 1 aliphatic carbocycles. The Morgan fingerprint density at radius 1 is 1.47 bits per heavy atom. The van der Waals surface area contributed by atoms with Crippen molar-refractivity contribution >= 4 is 6.09 Å². The first-order chi connectivity index (χ1) is 7.94. The molecule has 2 rings (SSSR count). The van der Waals surface area contributed by atoms with Crippen LogP contribution < -0.4 is 5.32 Å². The van der Waals surface area contributed by atoms with Crippen molar-refractivity contribution in [1.82, 2.24) is 20.3 Å². The number of alkyl carbamates (subject to hydrolysis) is 1. The van der Waals surface area contributed by atoms with Gasteiger partial charge < -0.3 is 10.1 Å². The van der Waals surface area contributed by atoms with E-state index in [0.29, 0.717) is 6.04 Å². The molecule has 1 amide bonds. The number of hydrogen-bond donors (Lipinski definition) is 1. The number of ether oxygens (including phenoxy) is 1. The Kier molecular flexibility index (Phi) is 3.04. The standard InChI is InChI=1S/C11H18N4O2/c1-11(2,3)17-10(16)13-8-6-9(7-8)15-5-4-12-14-15/h4-5,8-9H,6-7H2,1-3H3,(H,13,16)/t8-,9-. The number of carbonyl (C=O) groups excluding carboxylic acids is 1. The van der Waals surface area contributed by atoms with Crippen LogP contribution >= 0.6 is 0 Å². The lowest BCUT2D eigenvalue weighted by molar-refractivity contribution is 0.0452. The van der Waals surface area contributed by atoms with E-state index in [-0.39, 0.29) is 12.1 Å². The second-order valence-corrected chi connectivity index (χ2v) is 5.35. The van der Waals surface area contributed by atoms with Crippen LogP contribution in [0.1, 0.15) is 39.7 Å². The van der Waals surface area contributed by atoms with Crippen LogP contribution in [0, 0.1) is 0 Å². The average molecular weight is 238 g/mol. The maximum atomic E-state index is 11.5. The molecule has 0 spiro atoms. The van der Waals surface area contributed by atoms with Gasteiger partial charge in [0.1, 0.15) is 5.60 Å². The molecule has 6 heteroatoms. The van der Waals surface area contributed by atoms with Crippen LogP contribution in [-0.2, 0) is 4.74 Å². The van der Waals surface area contributed by atoms with Gasteiger partial charge in [0.2, 0.25) is 0 Å². The number of aromatic nitrogens is 3. The summed E-state index contributed by atoms with van der Waals surface area (Å²) in [5.74, 6) is 0. The highest BCUT2D eigenvalue weighted by Crippen LogP contribution is 2.31. The average Bonchev–Trinajstić information content (AvgIpc) is 2.59. The molecule has 0 atom stereocenters. The van der Waals surface area contributed by atoms with Crippen LogP contribution in [0.15, 0.2) is 12.4 Å². The summed E-state index contributed by atoms with van der Waals surface area (Å²) in [7, 11) is 0. The van der Waals surface area contributed by atoms with Gasteiger partial charge in [-0.15, -0.1) is 5.10 Å². The molecule has 1 N–H and O–H groups in total. The van der Waals surface area contributed by atoms with E-state index in [9.17, 15) is 4.79 Å². The fourth-order valence-corrected chi connectivity index (χ4v) is 1.81. The molecule has 17 heavy (non-hydrogen) atoms. The van der Waals surface area contributed by atoms with Gasteiger partial charge in [-0.05, 0) is 33.6 Å². The van der Waals surface area contributed by atoms with Gasteiger partial charge in [-0.2, -0.15) is 0 Å². The third-order valence-electron chi connectivity index (χ3n) is 2.65. The van der Waals surface area contributed by atoms with E-state index < -0.39 is 5.60 Å². The fraction of sp³-hybridized carbons (Fsp3) is 0.727. The van der Waals surface area contributed by atoms with Crippen molar-refractivity contribution in [1.29, 1.82) is 0 Å². The number of carbonyl (C=O) groups is 1. The highest BCUT2D eigenvalue weighted by molar-refractivity contribution is 5.68. The second-order valence-electron chi connectivity index (χ2n) is 5.35. The molecule has 1 aromatic heterocycles. The summed E-state index contributed by atoms with van der Waals surface area (Å²) in [6.07, 6.45) is 4.91. The van der Waals surface area contributed by atoms with Crippen molar-refractivity contribution in [3.8, 4) is 0 Å². The molecule has 1 saturated carbocycles. The lowest BCUT2D eigenvalue weighted by atomic mass is 9.87. The molecule has 6 nitrogen and oxygen atoms in total. The van der Waals surface area contributed by atoms with Crippen LogP contribution in [0.5, 0.6) is 0 Å². The fourth-order valence-electron chi connectivity index (χ4n) is 1.81. The molecule has 94 valence electrons. The van der Waals surface area contributed by atoms with Crippen LogP contribution in [0.4, 0.5) is 4.79 Å². The third kappa shape index (κ3) is 3.18. The zero-order valence-electron chi connectivity index (χ0n) is 10.4. The van der Waals surface area contributed by atoms with Crippen molar-refractivity contribution in [2.75, 3.05) is 0 Å². The maximum Gasteiger partial charge on any atom is 0.407 e. The minimum Gasteiger partial charge on any atom is -0.444 e. The van der Waals surface area contributed by atoms with Gasteiger partial charge in [0.05, 0.1) is 12.2 Å². The lowest BCUT2D eigenvalue weighted by Gasteiger charge is -2.35. The lowest BCUT2D eigenvalue weighted by Crippen LogP contribution is -2.46. The zero-order chi connectivity index (χ0) is 12.5. The summed E-state index contributed by atoms with van der Waals surface area (Å²) in [4.78, 5) is 11.5. The molecule has 0 aliphatic heterocycles. The molecular weight excluding hydrogens is 220 g/mol. The van der Waals surface area contributed by atoms with Crippen molar-refractivity contribution < 1.29 is 9.53 Å². The highest BCUT2D eigenvalue weighted by Gasteiger charge is 2.33. The van der Waals surface area contributed by atoms with Crippen molar-refractivity contribution in [3.05, 3.63) is 12.4 Å². The summed E-state index contributed by atoms with van der Waals surface area (Å²) in [6, 6.07) is 0.525. The summed E-state index contributed by atoms with van der Waals surface area (Å²) < 4.78 is 7.01. The first kappa shape index (κ1) is 11.9. The van der Waals surface area contributed by atoms with Gasteiger partial charge in [0.15, 0.2) is 0 Å². The van der Waals surface area contributed by atoms with E-state index in [1.54, 1.807) is 6.20 Å². The molecular formula is C11H18N4O2. The Morgan fingerprint density at radius 3 is 2.71 bits per heavy atom. The van der Waals surface area contributed by atoms with Crippen molar-refractivity contribution in [2.24, 2.45) is 0 Å². The van der Waals surface area contributed by atoms with Crippen LogP contribution in [0.2, 0.25) is 0 Å². The van der Waals surface area contributed by atoms with Crippen molar-refractivity contribution in [2.45, 2.75) is 51.3 Å². The molecule has 0 saturated heterocycles. The van der Waals surface area contributed by atoms with E-state index in [4.69, 9.17) is 4.74 Å². The minimum absolute atomic E-state index is 0.180. The van der Waals surface area contributed by atoms with Gasteiger partial charge in [-0.25, -0.2) is 9.48 Å². The SMILES string of the molecule is CC(C)(C)OC(=O)N[C@H]1C[C@H](n2ccnn2)C1. The molecule has 1 fully saturated rings. The number of rotatable bonds is 2. The predicted octanol–water partition coefficient (Wildman–Crippen LogP) is 1.51. The molecule has 1 heterocycles. The van der Waals surface area contributed by atoms with E-state index in [1.807, 2.05) is 31.6 Å². The summed E-state index contributed by atoms with van der Waals surface area (Å²) in [5, 5.41) is 10.5. The largest absolute Gasteiger partial charge is 0.444 e. The summed E-state index contributed by atoms with van der Waals surface area (Å²) >= 11 is 0. The van der Waals surface area contributed by atoms with E-state index in [0.717, 1.165) is 12.8 Å². The molecule has 1 aliphatic rings. The molecule has 0 bridgehead atoms. The summed E-state index contributed by atoms with van der Waals surface area (Å²) in [6.45, 7) is 5.56. The number of nitrogens with zero attached hydrogens (tertiary/aromatic N) is 3. The Labute approximate surface area is 100 Å². The zero-order valence-corrected chi connectivity index (χ0v) is 10.4. The van der Waals surface area contributed by atoms with Crippen LogP contribution in [0.25, 0.3) is 0 Å².